The molecule has 0 unspecified atom stereocenters. The lowest BCUT2D eigenvalue weighted by atomic mass is 10.2. The van der Waals surface area contributed by atoms with Crippen LogP contribution in [-0.4, -0.2) is 14.6 Å². The number of halogens is 2. The molecule has 0 radical (unpaired) electrons. The van der Waals surface area contributed by atoms with E-state index in [0.717, 1.165) is 12.1 Å². The molecule has 0 saturated carbocycles. The molecule has 2 rings (SSSR count). The summed E-state index contributed by atoms with van der Waals surface area (Å²) in [5, 5.41) is 4.95. The van der Waals surface area contributed by atoms with E-state index in [2.05, 4.69) is 4.99 Å². The second kappa shape index (κ2) is 5.48. The van der Waals surface area contributed by atoms with Crippen LogP contribution in [0.15, 0.2) is 52.4 Å². The number of sulfonamides is 1. The summed E-state index contributed by atoms with van der Waals surface area (Å²) in [6, 6.07) is 8.58. The molecule has 2 aromatic rings. The van der Waals surface area contributed by atoms with Gasteiger partial charge in [-0.15, -0.1) is 0 Å². The van der Waals surface area contributed by atoms with Crippen molar-refractivity contribution in [2.45, 2.75) is 4.90 Å². The highest BCUT2D eigenvalue weighted by Gasteiger charge is 2.06. The maximum atomic E-state index is 13.3. The van der Waals surface area contributed by atoms with Crippen molar-refractivity contribution in [2.24, 2.45) is 10.1 Å². The minimum absolute atomic E-state index is 0.0376. The first-order valence-corrected chi connectivity index (χ1v) is 7.03. The van der Waals surface area contributed by atoms with E-state index in [1.165, 1.54) is 36.5 Å². The Morgan fingerprint density at radius 2 is 1.70 bits per heavy atom. The van der Waals surface area contributed by atoms with Crippen LogP contribution in [0, 0.1) is 11.6 Å². The van der Waals surface area contributed by atoms with E-state index in [4.69, 9.17) is 5.14 Å². The number of nitrogens with two attached hydrogens (primary N) is 1. The Balaban J connectivity index is 2.24. The van der Waals surface area contributed by atoms with Crippen LogP contribution in [0.1, 0.15) is 5.56 Å². The number of rotatable bonds is 3. The molecular formula is C13H10F2N2O2S. The lowest BCUT2D eigenvalue weighted by Gasteiger charge is -1.99. The van der Waals surface area contributed by atoms with Crippen molar-refractivity contribution in [3.05, 3.63) is 59.7 Å². The summed E-state index contributed by atoms with van der Waals surface area (Å²) in [5.74, 6) is -1.40. The number of nitrogens with zero attached hydrogens (tertiary/aromatic N) is 1. The van der Waals surface area contributed by atoms with E-state index in [9.17, 15) is 17.2 Å². The number of hydrogen-bond acceptors (Lipinski definition) is 3. The molecule has 4 nitrogen and oxygen atoms in total. The van der Waals surface area contributed by atoms with Gasteiger partial charge in [0.15, 0.2) is 0 Å². The average Bonchev–Trinajstić information content (AvgIpc) is 2.37. The SMILES string of the molecule is NS(=O)(=O)c1ccc(N=Cc2ccc(F)cc2F)cc1. The number of aliphatic imine (C=N–C) groups is 1. The van der Waals surface area contributed by atoms with E-state index in [-0.39, 0.29) is 10.5 Å². The molecule has 2 N–H and O–H groups in total. The third-order valence-corrected chi connectivity index (χ3v) is 3.41. The van der Waals surface area contributed by atoms with Gasteiger partial charge in [-0.25, -0.2) is 22.3 Å². The zero-order valence-electron chi connectivity index (χ0n) is 10.1. The molecular weight excluding hydrogens is 286 g/mol. The molecule has 0 saturated heterocycles. The van der Waals surface area contributed by atoms with Gasteiger partial charge in [-0.3, -0.25) is 4.99 Å². The molecule has 0 aromatic heterocycles. The molecule has 0 aliphatic carbocycles. The van der Waals surface area contributed by atoms with Gasteiger partial charge in [0.05, 0.1) is 10.6 Å². The molecule has 0 heterocycles. The van der Waals surface area contributed by atoms with Crippen molar-refractivity contribution in [1.82, 2.24) is 0 Å². The molecule has 0 amide bonds. The van der Waals surface area contributed by atoms with Crippen LogP contribution in [0.25, 0.3) is 0 Å². The number of benzene rings is 2. The van der Waals surface area contributed by atoms with E-state index < -0.39 is 21.7 Å². The zero-order chi connectivity index (χ0) is 14.8. The van der Waals surface area contributed by atoms with Crippen molar-refractivity contribution in [3.8, 4) is 0 Å². The minimum Gasteiger partial charge on any atom is -0.256 e. The fourth-order valence-corrected chi connectivity index (χ4v) is 1.99. The van der Waals surface area contributed by atoms with Gasteiger partial charge >= 0.3 is 0 Å². The zero-order valence-corrected chi connectivity index (χ0v) is 10.9. The minimum atomic E-state index is -3.75. The molecule has 0 aliphatic rings. The van der Waals surface area contributed by atoms with Crippen LogP contribution >= 0.6 is 0 Å². The molecule has 20 heavy (non-hydrogen) atoms. The first-order valence-electron chi connectivity index (χ1n) is 5.48. The second-order valence-electron chi connectivity index (χ2n) is 3.96. The predicted molar refractivity (Wildman–Crippen MR) is 71.4 cm³/mol. The molecule has 0 aliphatic heterocycles. The Kier molecular flexibility index (Phi) is 3.91. The van der Waals surface area contributed by atoms with Crippen LogP contribution in [0.3, 0.4) is 0 Å². The highest BCUT2D eigenvalue weighted by molar-refractivity contribution is 7.89. The van der Waals surface area contributed by atoms with Gasteiger partial charge in [0.2, 0.25) is 10.0 Å². The first-order chi connectivity index (χ1) is 9.36. The predicted octanol–water partition coefficient (Wildman–Crippen LogP) is 2.36. The highest BCUT2D eigenvalue weighted by Crippen LogP contribution is 2.16. The standard InChI is InChI=1S/C13H10F2N2O2S/c14-10-2-1-9(13(15)7-10)8-17-11-3-5-12(6-4-11)20(16,18)19/h1-8H,(H2,16,18,19). The lowest BCUT2D eigenvalue weighted by molar-refractivity contribution is 0.582. The average molecular weight is 296 g/mol. The molecule has 0 atom stereocenters. The van der Waals surface area contributed by atoms with Crippen LogP contribution in [-0.2, 0) is 10.0 Å². The monoisotopic (exact) mass is 296 g/mol. The number of primary sulfonamides is 1. The molecule has 0 fully saturated rings. The van der Waals surface area contributed by atoms with Gasteiger partial charge in [0.25, 0.3) is 0 Å². The summed E-state index contributed by atoms with van der Waals surface area (Å²) in [6.45, 7) is 0. The summed E-state index contributed by atoms with van der Waals surface area (Å²) in [6.07, 6.45) is 1.22. The second-order valence-corrected chi connectivity index (χ2v) is 5.52. The summed E-state index contributed by atoms with van der Waals surface area (Å²) in [5.41, 5.74) is 0.544. The molecule has 0 spiro atoms. The Bertz CT molecular complexity index is 756. The van der Waals surface area contributed by atoms with Crippen molar-refractivity contribution in [2.75, 3.05) is 0 Å². The van der Waals surface area contributed by atoms with Crippen LogP contribution < -0.4 is 5.14 Å². The topological polar surface area (TPSA) is 72.5 Å². The van der Waals surface area contributed by atoms with E-state index in [1.54, 1.807) is 0 Å². The van der Waals surface area contributed by atoms with E-state index in [0.29, 0.717) is 5.69 Å². The van der Waals surface area contributed by atoms with Crippen molar-refractivity contribution in [1.29, 1.82) is 0 Å². The van der Waals surface area contributed by atoms with E-state index >= 15 is 0 Å². The van der Waals surface area contributed by atoms with Gasteiger partial charge in [0, 0.05) is 17.8 Å². The Morgan fingerprint density at radius 1 is 1.05 bits per heavy atom. The van der Waals surface area contributed by atoms with E-state index in [1.807, 2.05) is 0 Å². The fourth-order valence-electron chi connectivity index (χ4n) is 1.47. The smallest absolute Gasteiger partial charge is 0.238 e. The van der Waals surface area contributed by atoms with Crippen molar-refractivity contribution < 1.29 is 17.2 Å². The Labute approximate surface area is 114 Å². The summed E-state index contributed by atoms with van der Waals surface area (Å²) < 4.78 is 48.2. The molecule has 104 valence electrons. The summed E-state index contributed by atoms with van der Waals surface area (Å²) >= 11 is 0. The van der Waals surface area contributed by atoms with Crippen molar-refractivity contribution in [3.63, 3.8) is 0 Å². The molecule has 0 bridgehead atoms. The Hall–Kier alpha value is -2.12. The molecule has 7 heteroatoms. The first kappa shape index (κ1) is 14.3. The van der Waals surface area contributed by atoms with Crippen LogP contribution in [0.5, 0.6) is 0 Å². The fraction of sp³-hybridized carbons (Fsp3) is 0. The highest BCUT2D eigenvalue weighted by atomic mass is 32.2. The Morgan fingerprint density at radius 3 is 2.25 bits per heavy atom. The molecule has 2 aromatic carbocycles. The quantitative estimate of drug-likeness (QED) is 0.883. The van der Waals surface area contributed by atoms with Gasteiger partial charge < -0.3 is 0 Å². The summed E-state index contributed by atoms with van der Waals surface area (Å²) in [4.78, 5) is 3.93. The van der Waals surface area contributed by atoms with Crippen molar-refractivity contribution >= 4 is 21.9 Å². The van der Waals surface area contributed by atoms with Gasteiger partial charge in [-0.05, 0) is 36.4 Å². The van der Waals surface area contributed by atoms with Crippen LogP contribution in [0.4, 0.5) is 14.5 Å². The van der Waals surface area contributed by atoms with Gasteiger partial charge in [0.1, 0.15) is 11.6 Å². The van der Waals surface area contributed by atoms with Gasteiger partial charge in [-0.1, -0.05) is 0 Å². The largest absolute Gasteiger partial charge is 0.256 e. The maximum absolute atomic E-state index is 13.3. The number of hydrogen-bond donors (Lipinski definition) is 1. The lowest BCUT2D eigenvalue weighted by Crippen LogP contribution is -2.11. The third-order valence-electron chi connectivity index (χ3n) is 2.48. The summed E-state index contributed by atoms with van der Waals surface area (Å²) in [7, 11) is -3.75. The normalized spacial score (nSPS) is 11.9. The third kappa shape index (κ3) is 3.46. The van der Waals surface area contributed by atoms with Crippen LogP contribution in [0.2, 0.25) is 0 Å². The maximum Gasteiger partial charge on any atom is 0.238 e. The van der Waals surface area contributed by atoms with Gasteiger partial charge in [-0.2, -0.15) is 0 Å².